The number of likely N-dealkylation sites (tertiary alicyclic amines) is 2. The average Bonchev–Trinajstić information content (AvgIpc) is 2.64. The van der Waals surface area contributed by atoms with Crippen LogP contribution in [0.4, 0.5) is 0 Å². The molecular formula is C11H21N3. The lowest BCUT2D eigenvalue weighted by molar-refractivity contribution is 0.117. The normalized spacial score (nSPS) is 48.4. The van der Waals surface area contributed by atoms with Gasteiger partial charge in [-0.1, -0.05) is 0 Å². The van der Waals surface area contributed by atoms with Gasteiger partial charge in [-0.05, 0) is 38.3 Å². The van der Waals surface area contributed by atoms with Gasteiger partial charge in [-0.3, -0.25) is 4.90 Å². The molecule has 3 fully saturated rings. The molecule has 0 aromatic rings. The Balaban J connectivity index is 1.73. The molecule has 3 aliphatic rings. The molecule has 0 spiro atoms. The second-order valence-electron chi connectivity index (χ2n) is 5.58. The highest BCUT2D eigenvalue weighted by atomic mass is 15.3. The molecule has 0 bridgehead atoms. The molecule has 14 heavy (non-hydrogen) atoms. The Labute approximate surface area is 86.2 Å². The third kappa shape index (κ3) is 1.23. The molecule has 3 rings (SSSR count). The summed E-state index contributed by atoms with van der Waals surface area (Å²) < 4.78 is 0. The smallest absolute Gasteiger partial charge is 0.0470 e. The van der Waals surface area contributed by atoms with Crippen LogP contribution in [-0.4, -0.2) is 55.1 Å². The number of hydrogen-bond acceptors (Lipinski definition) is 3. The molecule has 0 aromatic carbocycles. The largest absolute Gasteiger partial charge is 0.329 e. The maximum Gasteiger partial charge on any atom is 0.0470 e. The van der Waals surface area contributed by atoms with Gasteiger partial charge in [0.25, 0.3) is 0 Å². The van der Waals surface area contributed by atoms with Gasteiger partial charge in [-0.15, -0.1) is 0 Å². The minimum Gasteiger partial charge on any atom is -0.329 e. The van der Waals surface area contributed by atoms with E-state index >= 15 is 0 Å². The minimum atomic E-state index is 0.335. The summed E-state index contributed by atoms with van der Waals surface area (Å²) in [5.41, 5.74) is 6.34. The molecule has 2 N–H and O–H groups in total. The van der Waals surface area contributed by atoms with E-state index in [1.807, 2.05) is 0 Å². The van der Waals surface area contributed by atoms with Gasteiger partial charge in [0.1, 0.15) is 0 Å². The molecule has 3 atom stereocenters. The monoisotopic (exact) mass is 195 g/mol. The lowest BCUT2D eigenvalue weighted by atomic mass is 9.96. The van der Waals surface area contributed by atoms with E-state index in [9.17, 15) is 0 Å². The van der Waals surface area contributed by atoms with Crippen molar-refractivity contribution >= 4 is 0 Å². The first-order valence-corrected chi connectivity index (χ1v) is 5.87. The maximum absolute atomic E-state index is 6.00. The van der Waals surface area contributed by atoms with Gasteiger partial charge >= 0.3 is 0 Å². The zero-order valence-electron chi connectivity index (χ0n) is 9.08. The van der Waals surface area contributed by atoms with Crippen molar-refractivity contribution in [2.45, 2.75) is 18.4 Å². The van der Waals surface area contributed by atoms with Crippen molar-refractivity contribution in [3.8, 4) is 0 Å². The van der Waals surface area contributed by atoms with E-state index in [1.54, 1.807) is 0 Å². The molecule has 3 nitrogen and oxygen atoms in total. The van der Waals surface area contributed by atoms with Crippen molar-refractivity contribution in [2.75, 3.05) is 39.8 Å². The zero-order valence-corrected chi connectivity index (χ0v) is 9.08. The van der Waals surface area contributed by atoms with Gasteiger partial charge in [-0.2, -0.15) is 0 Å². The van der Waals surface area contributed by atoms with Gasteiger partial charge in [0.15, 0.2) is 0 Å². The highest BCUT2D eigenvalue weighted by Gasteiger charge is 2.52. The first-order chi connectivity index (χ1) is 6.73. The summed E-state index contributed by atoms with van der Waals surface area (Å²) in [4.78, 5) is 5.12. The zero-order chi connectivity index (χ0) is 9.76. The van der Waals surface area contributed by atoms with Crippen LogP contribution in [0, 0.1) is 11.8 Å². The number of likely N-dealkylation sites (N-methyl/N-ethyl adjacent to an activating group) is 1. The van der Waals surface area contributed by atoms with Crippen LogP contribution in [-0.2, 0) is 0 Å². The molecule has 1 saturated carbocycles. The highest BCUT2D eigenvalue weighted by Crippen LogP contribution is 2.48. The fourth-order valence-electron chi connectivity index (χ4n) is 3.40. The molecule has 2 heterocycles. The molecule has 1 aliphatic carbocycles. The van der Waals surface area contributed by atoms with Gasteiger partial charge in [0, 0.05) is 31.7 Å². The summed E-state index contributed by atoms with van der Waals surface area (Å²) in [7, 11) is 2.22. The van der Waals surface area contributed by atoms with E-state index in [0.29, 0.717) is 5.54 Å². The molecular weight excluding hydrogens is 174 g/mol. The standard InChI is InChI=1S/C11H21N3/c1-13-3-2-11(7-12,8-13)14-5-9-4-10(9)6-14/h9-10H,2-8,12H2,1H3. The molecule has 0 amide bonds. The molecule has 80 valence electrons. The number of rotatable bonds is 2. The third-order valence-corrected chi connectivity index (χ3v) is 4.55. The Morgan fingerprint density at radius 1 is 1.36 bits per heavy atom. The topological polar surface area (TPSA) is 32.5 Å². The second kappa shape index (κ2) is 2.94. The molecule has 2 saturated heterocycles. The predicted octanol–water partition coefficient (Wildman–Crippen LogP) is -0.0289. The Hall–Kier alpha value is -0.120. The second-order valence-corrected chi connectivity index (χ2v) is 5.58. The minimum absolute atomic E-state index is 0.335. The van der Waals surface area contributed by atoms with E-state index in [1.165, 1.54) is 39.0 Å². The van der Waals surface area contributed by atoms with Gasteiger partial charge < -0.3 is 10.6 Å². The van der Waals surface area contributed by atoms with Crippen molar-refractivity contribution in [1.29, 1.82) is 0 Å². The van der Waals surface area contributed by atoms with Crippen LogP contribution in [0.3, 0.4) is 0 Å². The Bertz CT molecular complexity index is 233. The average molecular weight is 195 g/mol. The van der Waals surface area contributed by atoms with Crippen molar-refractivity contribution in [2.24, 2.45) is 17.6 Å². The van der Waals surface area contributed by atoms with Crippen LogP contribution in [0.25, 0.3) is 0 Å². The predicted molar refractivity (Wildman–Crippen MR) is 57.1 cm³/mol. The van der Waals surface area contributed by atoms with Crippen molar-refractivity contribution in [3.05, 3.63) is 0 Å². The lowest BCUT2D eigenvalue weighted by Crippen LogP contribution is -2.55. The summed E-state index contributed by atoms with van der Waals surface area (Å²) >= 11 is 0. The van der Waals surface area contributed by atoms with Crippen molar-refractivity contribution in [3.63, 3.8) is 0 Å². The van der Waals surface area contributed by atoms with Crippen LogP contribution in [0.15, 0.2) is 0 Å². The Morgan fingerprint density at radius 3 is 2.57 bits per heavy atom. The first kappa shape index (κ1) is 9.13. The van der Waals surface area contributed by atoms with Crippen LogP contribution in [0.5, 0.6) is 0 Å². The Kier molecular flexibility index (Phi) is 1.92. The Morgan fingerprint density at radius 2 is 2.07 bits per heavy atom. The van der Waals surface area contributed by atoms with Crippen LogP contribution in [0.2, 0.25) is 0 Å². The molecule has 3 unspecified atom stereocenters. The number of piperidine rings is 1. The summed E-state index contributed by atoms with van der Waals surface area (Å²) in [5.74, 6) is 2.06. The highest BCUT2D eigenvalue weighted by molar-refractivity contribution is 5.07. The van der Waals surface area contributed by atoms with Crippen molar-refractivity contribution < 1.29 is 0 Å². The van der Waals surface area contributed by atoms with Gasteiger partial charge in [0.2, 0.25) is 0 Å². The molecule has 3 heteroatoms. The van der Waals surface area contributed by atoms with E-state index < -0.39 is 0 Å². The SMILES string of the molecule is CN1CCC(CN)(N2CC3CC3C2)C1. The van der Waals surface area contributed by atoms with E-state index in [0.717, 1.165) is 18.4 Å². The fourth-order valence-corrected chi connectivity index (χ4v) is 3.40. The number of nitrogens with two attached hydrogens (primary N) is 1. The van der Waals surface area contributed by atoms with E-state index in [2.05, 4.69) is 16.8 Å². The van der Waals surface area contributed by atoms with Gasteiger partial charge in [0.05, 0.1) is 0 Å². The number of hydrogen-bond donors (Lipinski definition) is 1. The van der Waals surface area contributed by atoms with E-state index in [4.69, 9.17) is 5.73 Å². The van der Waals surface area contributed by atoms with Crippen LogP contribution >= 0.6 is 0 Å². The summed E-state index contributed by atoms with van der Waals surface area (Å²) in [6, 6.07) is 0. The quantitative estimate of drug-likeness (QED) is 0.671. The summed E-state index contributed by atoms with van der Waals surface area (Å²) in [6.07, 6.45) is 2.77. The molecule has 0 radical (unpaired) electrons. The van der Waals surface area contributed by atoms with Crippen LogP contribution in [0.1, 0.15) is 12.8 Å². The summed E-state index contributed by atoms with van der Waals surface area (Å²) in [5, 5.41) is 0. The van der Waals surface area contributed by atoms with E-state index in [-0.39, 0.29) is 0 Å². The lowest BCUT2D eigenvalue weighted by Gasteiger charge is -2.38. The van der Waals surface area contributed by atoms with Gasteiger partial charge in [-0.25, -0.2) is 0 Å². The third-order valence-electron chi connectivity index (χ3n) is 4.55. The van der Waals surface area contributed by atoms with Crippen molar-refractivity contribution in [1.82, 2.24) is 9.80 Å². The summed E-state index contributed by atoms with van der Waals surface area (Å²) in [6.45, 7) is 5.91. The number of nitrogens with zero attached hydrogens (tertiary/aromatic N) is 2. The molecule has 2 aliphatic heterocycles. The maximum atomic E-state index is 6.00. The molecule has 0 aromatic heterocycles. The fraction of sp³-hybridized carbons (Fsp3) is 1.00. The van der Waals surface area contributed by atoms with Crippen LogP contribution < -0.4 is 5.73 Å². The first-order valence-electron chi connectivity index (χ1n) is 5.87. The number of fused-ring (bicyclic) bond motifs is 1.